The van der Waals surface area contributed by atoms with Gasteiger partial charge in [0.05, 0.1) is 0 Å². The predicted octanol–water partition coefficient (Wildman–Crippen LogP) is 4.11. The second-order valence-electron chi connectivity index (χ2n) is 6.32. The zero-order chi connectivity index (χ0) is 18.5. The van der Waals surface area contributed by atoms with Crippen molar-refractivity contribution >= 4 is 17.4 Å². The van der Waals surface area contributed by atoms with Crippen LogP contribution in [0.1, 0.15) is 27.4 Å². The van der Waals surface area contributed by atoms with Gasteiger partial charge in [0.1, 0.15) is 17.3 Å². The number of hydrogen-bond acceptors (Lipinski definition) is 4. The Hall–Kier alpha value is -3.21. The monoisotopic (exact) mass is 346 g/mol. The van der Waals surface area contributed by atoms with E-state index in [0.29, 0.717) is 23.9 Å². The molecule has 0 radical (unpaired) electrons. The smallest absolute Gasteiger partial charge is 0.272 e. The van der Waals surface area contributed by atoms with Crippen molar-refractivity contribution < 1.29 is 4.79 Å². The van der Waals surface area contributed by atoms with E-state index in [0.717, 1.165) is 11.3 Å². The van der Waals surface area contributed by atoms with Gasteiger partial charge in [-0.05, 0) is 31.5 Å². The molecule has 0 unspecified atom stereocenters. The predicted molar refractivity (Wildman–Crippen MR) is 103 cm³/mol. The van der Waals surface area contributed by atoms with Crippen LogP contribution < -0.4 is 5.32 Å². The number of carbonyl (C=O) groups excluding carboxylic acids is 1. The molecule has 3 aromatic rings. The molecule has 1 aromatic heterocycles. The second-order valence-corrected chi connectivity index (χ2v) is 6.32. The fourth-order valence-corrected chi connectivity index (χ4v) is 2.65. The minimum absolute atomic E-state index is 0.133. The highest BCUT2D eigenvalue weighted by molar-refractivity contribution is 5.93. The number of benzene rings is 2. The molecule has 0 spiro atoms. The molecular formula is C21H22N4O. The van der Waals surface area contributed by atoms with E-state index in [2.05, 4.69) is 15.3 Å². The lowest BCUT2D eigenvalue weighted by molar-refractivity contribution is 0.0779. The average molecular weight is 346 g/mol. The molecule has 3 rings (SSSR count). The summed E-state index contributed by atoms with van der Waals surface area (Å²) >= 11 is 0. The van der Waals surface area contributed by atoms with Crippen LogP contribution in [-0.4, -0.2) is 27.8 Å². The van der Waals surface area contributed by atoms with Gasteiger partial charge in [-0.15, -0.1) is 0 Å². The molecule has 0 aliphatic heterocycles. The molecule has 1 N–H and O–H groups in total. The maximum Gasteiger partial charge on any atom is 0.272 e. The Morgan fingerprint density at radius 2 is 1.69 bits per heavy atom. The van der Waals surface area contributed by atoms with E-state index >= 15 is 0 Å². The van der Waals surface area contributed by atoms with Crippen molar-refractivity contribution in [3.05, 3.63) is 83.3 Å². The molecule has 0 aliphatic rings. The quantitative estimate of drug-likeness (QED) is 0.755. The van der Waals surface area contributed by atoms with Crippen LogP contribution in [0, 0.1) is 13.8 Å². The van der Waals surface area contributed by atoms with Crippen LogP contribution in [0.2, 0.25) is 0 Å². The van der Waals surface area contributed by atoms with E-state index in [9.17, 15) is 4.79 Å². The van der Waals surface area contributed by atoms with Crippen molar-refractivity contribution in [3.63, 3.8) is 0 Å². The normalized spacial score (nSPS) is 10.4. The van der Waals surface area contributed by atoms with Gasteiger partial charge in [0.2, 0.25) is 0 Å². The molecule has 0 saturated carbocycles. The molecule has 0 atom stereocenters. The fraction of sp³-hybridized carbons (Fsp3) is 0.190. The van der Waals surface area contributed by atoms with E-state index in [1.807, 2.05) is 61.5 Å². The zero-order valence-corrected chi connectivity index (χ0v) is 15.2. The Bertz CT molecular complexity index is 892. The molecule has 26 heavy (non-hydrogen) atoms. The van der Waals surface area contributed by atoms with E-state index in [4.69, 9.17) is 0 Å². The highest BCUT2D eigenvalue weighted by atomic mass is 16.2. The number of amides is 1. The number of hydrogen-bond donors (Lipinski definition) is 1. The Balaban J connectivity index is 1.77. The van der Waals surface area contributed by atoms with Gasteiger partial charge in [-0.1, -0.05) is 48.0 Å². The van der Waals surface area contributed by atoms with Gasteiger partial charge >= 0.3 is 0 Å². The number of nitrogens with one attached hydrogen (secondary N) is 1. The van der Waals surface area contributed by atoms with Crippen LogP contribution in [0.4, 0.5) is 11.5 Å². The van der Waals surface area contributed by atoms with Crippen molar-refractivity contribution in [2.75, 3.05) is 12.4 Å². The van der Waals surface area contributed by atoms with E-state index in [1.54, 1.807) is 24.9 Å². The number of nitrogens with zero attached hydrogens (tertiary/aromatic N) is 3. The highest BCUT2D eigenvalue weighted by Gasteiger charge is 2.15. The first-order valence-corrected chi connectivity index (χ1v) is 8.50. The molecule has 2 aromatic carbocycles. The minimum Gasteiger partial charge on any atom is -0.340 e. The van der Waals surface area contributed by atoms with Crippen LogP contribution in [0.15, 0.2) is 60.7 Å². The van der Waals surface area contributed by atoms with Crippen LogP contribution >= 0.6 is 0 Å². The lowest BCUT2D eigenvalue weighted by atomic mass is 10.2. The van der Waals surface area contributed by atoms with Crippen molar-refractivity contribution in [1.82, 2.24) is 14.9 Å². The Morgan fingerprint density at radius 1 is 1.00 bits per heavy atom. The van der Waals surface area contributed by atoms with Gasteiger partial charge in [-0.2, -0.15) is 0 Å². The third-order valence-corrected chi connectivity index (χ3v) is 3.99. The van der Waals surface area contributed by atoms with Crippen LogP contribution in [-0.2, 0) is 6.54 Å². The van der Waals surface area contributed by atoms with Gasteiger partial charge in [-0.3, -0.25) is 4.79 Å². The van der Waals surface area contributed by atoms with Crippen molar-refractivity contribution in [2.24, 2.45) is 0 Å². The number of anilines is 2. The van der Waals surface area contributed by atoms with Crippen molar-refractivity contribution in [1.29, 1.82) is 0 Å². The summed E-state index contributed by atoms with van der Waals surface area (Å²) in [6.45, 7) is 4.36. The third-order valence-electron chi connectivity index (χ3n) is 3.99. The summed E-state index contributed by atoms with van der Waals surface area (Å²) in [5.74, 6) is 1.03. The van der Waals surface area contributed by atoms with Gasteiger partial charge in [0, 0.05) is 25.3 Å². The van der Waals surface area contributed by atoms with Gasteiger partial charge in [0.25, 0.3) is 5.91 Å². The topological polar surface area (TPSA) is 58.1 Å². The van der Waals surface area contributed by atoms with E-state index in [1.165, 1.54) is 5.56 Å². The molecule has 132 valence electrons. The molecule has 5 nitrogen and oxygen atoms in total. The molecule has 1 amide bonds. The summed E-state index contributed by atoms with van der Waals surface area (Å²) < 4.78 is 0. The number of carbonyl (C=O) groups is 1. The third kappa shape index (κ3) is 4.45. The summed E-state index contributed by atoms with van der Waals surface area (Å²) in [6, 6.07) is 19.6. The fourth-order valence-electron chi connectivity index (χ4n) is 2.65. The molecule has 1 heterocycles. The molecule has 0 saturated heterocycles. The average Bonchev–Trinajstić information content (AvgIpc) is 2.63. The first-order chi connectivity index (χ1) is 12.5. The van der Waals surface area contributed by atoms with Gasteiger partial charge < -0.3 is 10.2 Å². The molecule has 5 heteroatoms. The standard InChI is InChI=1S/C21H22N4O/c1-15-9-11-18(12-10-15)24-20-13-19(22-16(2)23-20)21(26)25(3)14-17-7-5-4-6-8-17/h4-13H,14H2,1-3H3,(H,22,23,24). The first kappa shape index (κ1) is 17.6. The number of aromatic nitrogens is 2. The first-order valence-electron chi connectivity index (χ1n) is 8.50. The van der Waals surface area contributed by atoms with Gasteiger partial charge in [-0.25, -0.2) is 9.97 Å². The second kappa shape index (κ2) is 7.78. The summed E-state index contributed by atoms with van der Waals surface area (Å²) in [5.41, 5.74) is 3.57. The SMILES string of the molecule is Cc1ccc(Nc2cc(C(=O)N(C)Cc3ccccc3)nc(C)n2)cc1. The summed E-state index contributed by atoms with van der Waals surface area (Å²) in [4.78, 5) is 23.1. The Labute approximate surface area is 153 Å². The highest BCUT2D eigenvalue weighted by Crippen LogP contribution is 2.17. The summed E-state index contributed by atoms with van der Waals surface area (Å²) in [6.07, 6.45) is 0. The van der Waals surface area contributed by atoms with Crippen molar-refractivity contribution in [3.8, 4) is 0 Å². The number of rotatable bonds is 5. The molecule has 0 aliphatic carbocycles. The van der Waals surface area contributed by atoms with Gasteiger partial charge in [0.15, 0.2) is 0 Å². The van der Waals surface area contributed by atoms with Crippen LogP contribution in [0.5, 0.6) is 0 Å². The van der Waals surface area contributed by atoms with Crippen LogP contribution in [0.25, 0.3) is 0 Å². The lowest BCUT2D eigenvalue weighted by Gasteiger charge is -2.17. The number of aryl methyl sites for hydroxylation is 2. The maximum atomic E-state index is 12.8. The van der Waals surface area contributed by atoms with Crippen LogP contribution in [0.3, 0.4) is 0 Å². The summed E-state index contributed by atoms with van der Waals surface area (Å²) in [5, 5.41) is 3.23. The largest absolute Gasteiger partial charge is 0.340 e. The maximum absolute atomic E-state index is 12.8. The van der Waals surface area contributed by atoms with E-state index in [-0.39, 0.29) is 5.91 Å². The van der Waals surface area contributed by atoms with Crippen molar-refractivity contribution in [2.45, 2.75) is 20.4 Å². The summed E-state index contributed by atoms with van der Waals surface area (Å²) in [7, 11) is 1.78. The Kier molecular flexibility index (Phi) is 5.27. The molecular weight excluding hydrogens is 324 g/mol. The molecule has 0 fully saturated rings. The Morgan fingerprint density at radius 3 is 2.38 bits per heavy atom. The molecule has 0 bridgehead atoms. The minimum atomic E-state index is -0.133. The van der Waals surface area contributed by atoms with E-state index < -0.39 is 0 Å². The lowest BCUT2D eigenvalue weighted by Crippen LogP contribution is -2.27. The zero-order valence-electron chi connectivity index (χ0n) is 15.2.